The monoisotopic (exact) mass is 387 g/mol. The van der Waals surface area contributed by atoms with E-state index in [1.165, 1.54) is 6.33 Å². The van der Waals surface area contributed by atoms with Gasteiger partial charge in [-0.15, -0.1) is 0 Å². The molecule has 3 N–H and O–H groups in total. The Labute approximate surface area is 167 Å². The molecule has 0 unspecified atom stereocenters. The van der Waals surface area contributed by atoms with Crippen LogP contribution in [0.1, 0.15) is 12.5 Å². The van der Waals surface area contributed by atoms with Crippen molar-refractivity contribution < 1.29 is 0 Å². The molecular formula is C20H17N7S. The smallest absolute Gasteiger partial charge is 0.150 e. The molecule has 3 aromatic rings. The summed E-state index contributed by atoms with van der Waals surface area (Å²) >= 11 is 1.61. The second kappa shape index (κ2) is 7.58. The number of rotatable bonds is 4. The van der Waals surface area contributed by atoms with Crippen molar-refractivity contribution in [3.8, 4) is 6.07 Å². The molecule has 1 atom stereocenters. The van der Waals surface area contributed by atoms with Crippen molar-refractivity contribution in [2.24, 2.45) is 4.99 Å². The number of aliphatic imine (C=N–C) groups is 1. The molecule has 2 heterocycles. The molecular weight excluding hydrogens is 370 g/mol. The van der Waals surface area contributed by atoms with Crippen LogP contribution in [0.5, 0.6) is 0 Å². The van der Waals surface area contributed by atoms with E-state index < -0.39 is 0 Å². The maximum absolute atomic E-state index is 9.39. The summed E-state index contributed by atoms with van der Waals surface area (Å²) in [6.07, 6.45) is 1.34. The predicted octanol–water partition coefficient (Wildman–Crippen LogP) is 3.99. The lowest BCUT2D eigenvalue weighted by Gasteiger charge is -2.32. The molecule has 0 saturated carbocycles. The summed E-state index contributed by atoms with van der Waals surface area (Å²) in [4.78, 5) is 14.0. The standard InChI is InChI=1S/C20H17N7S/c1-13(25-19-15(11-21)18(22)23-12-24-19)20-26-16-9-5-6-10-17(16)28-27(20)14-7-3-2-4-8-14/h2-10,12-13H,1H3,(H3,22,23,24,25)/t13-/m0/s1. The summed E-state index contributed by atoms with van der Waals surface area (Å²) in [6.45, 7) is 1.97. The number of aromatic nitrogens is 2. The van der Waals surface area contributed by atoms with Crippen LogP contribution in [0, 0.1) is 11.3 Å². The summed E-state index contributed by atoms with van der Waals surface area (Å²) in [6, 6.07) is 19.9. The van der Waals surface area contributed by atoms with E-state index in [4.69, 9.17) is 10.7 Å². The molecule has 0 aliphatic carbocycles. The van der Waals surface area contributed by atoms with Gasteiger partial charge in [0.05, 0.1) is 22.3 Å². The second-order valence-electron chi connectivity index (χ2n) is 6.12. The third-order valence-corrected chi connectivity index (χ3v) is 5.34. The molecule has 1 aliphatic rings. The van der Waals surface area contributed by atoms with Crippen molar-refractivity contribution in [1.29, 1.82) is 5.26 Å². The first-order valence-electron chi connectivity index (χ1n) is 8.65. The van der Waals surface area contributed by atoms with Gasteiger partial charge >= 0.3 is 0 Å². The van der Waals surface area contributed by atoms with E-state index in [1.807, 2.05) is 61.5 Å². The van der Waals surface area contributed by atoms with E-state index >= 15 is 0 Å². The van der Waals surface area contributed by atoms with Crippen LogP contribution in [-0.2, 0) is 0 Å². The van der Waals surface area contributed by atoms with Crippen LogP contribution in [0.15, 0.2) is 70.8 Å². The van der Waals surface area contributed by atoms with Crippen LogP contribution in [0.4, 0.5) is 23.0 Å². The Morgan fingerprint density at radius 2 is 1.86 bits per heavy atom. The number of nitrogen functional groups attached to an aromatic ring is 1. The molecule has 138 valence electrons. The van der Waals surface area contributed by atoms with E-state index in [0.29, 0.717) is 5.82 Å². The van der Waals surface area contributed by atoms with Crippen LogP contribution in [0.3, 0.4) is 0 Å². The third kappa shape index (κ3) is 3.35. The average molecular weight is 387 g/mol. The van der Waals surface area contributed by atoms with Gasteiger partial charge < -0.3 is 11.1 Å². The Hall–Kier alpha value is -3.57. The maximum Gasteiger partial charge on any atom is 0.150 e. The number of amidine groups is 1. The molecule has 1 aromatic heterocycles. The quantitative estimate of drug-likeness (QED) is 0.652. The highest BCUT2D eigenvalue weighted by Gasteiger charge is 2.27. The zero-order valence-corrected chi connectivity index (χ0v) is 15.9. The minimum absolute atomic E-state index is 0.150. The Bertz CT molecular complexity index is 1080. The average Bonchev–Trinajstić information content (AvgIpc) is 2.73. The van der Waals surface area contributed by atoms with Crippen LogP contribution in [0.25, 0.3) is 0 Å². The second-order valence-corrected chi connectivity index (χ2v) is 7.11. The minimum atomic E-state index is -0.234. The molecule has 0 bridgehead atoms. The third-order valence-electron chi connectivity index (χ3n) is 4.22. The van der Waals surface area contributed by atoms with Gasteiger partial charge in [0, 0.05) is 0 Å². The number of nitrogens with two attached hydrogens (primary N) is 1. The lowest BCUT2D eigenvalue weighted by molar-refractivity contribution is 0.993. The first-order chi connectivity index (χ1) is 13.7. The SMILES string of the molecule is C[C@H](Nc1ncnc(N)c1C#N)C1=Nc2ccccc2SN1c1ccccc1. The zero-order valence-electron chi connectivity index (χ0n) is 15.1. The number of nitriles is 1. The number of hydrogen-bond donors (Lipinski definition) is 2. The first kappa shape index (κ1) is 17.8. The highest BCUT2D eigenvalue weighted by Crippen LogP contribution is 2.40. The van der Waals surface area contributed by atoms with Crippen molar-refractivity contribution in [1.82, 2.24) is 9.97 Å². The van der Waals surface area contributed by atoms with Gasteiger partial charge in [-0.3, -0.25) is 4.31 Å². The van der Waals surface area contributed by atoms with Gasteiger partial charge in [-0.05, 0) is 43.1 Å². The highest BCUT2D eigenvalue weighted by molar-refractivity contribution is 8.01. The van der Waals surface area contributed by atoms with Crippen molar-refractivity contribution in [2.45, 2.75) is 17.9 Å². The molecule has 0 spiro atoms. The van der Waals surface area contributed by atoms with E-state index in [1.54, 1.807) is 11.9 Å². The number of hydrogen-bond acceptors (Lipinski definition) is 8. The molecule has 1 aliphatic heterocycles. The van der Waals surface area contributed by atoms with Gasteiger partial charge in [0.25, 0.3) is 0 Å². The molecule has 0 radical (unpaired) electrons. The summed E-state index contributed by atoms with van der Waals surface area (Å²) in [5, 5.41) is 12.7. The zero-order chi connectivity index (χ0) is 19.5. The molecule has 2 aromatic carbocycles. The van der Waals surface area contributed by atoms with Gasteiger partial charge in [-0.2, -0.15) is 5.26 Å². The van der Waals surface area contributed by atoms with Gasteiger partial charge in [-0.1, -0.05) is 30.3 Å². The normalized spacial score (nSPS) is 13.9. The van der Waals surface area contributed by atoms with Crippen molar-refractivity contribution >= 4 is 40.8 Å². The summed E-state index contributed by atoms with van der Waals surface area (Å²) in [5.74, 6) is 1.34. The number of nitrogens with one attached hydrogen (secondary N) is 1. The largest absolute Gasteiger partial charge is 0.382 e. The van der Waals surface area contributed by atoms with E-state index in [2.05, 4.69) is 25.7 Å². The topological polar surface area (TPSA) is 103 Å². The Kier molecular flexibility index (Phi) is 4.83. The summed E-state index contributed by atoms with van der Waals surface area (Å²) in [5.41, 5.74) is 7.96. The van der Waals surface area contributed by atoms with Crippen molar-refractivity contribution in [2.75, 3.05) is 15.4 Å². The van der Waals surface area contributed by atoms with E-state index in [0.717, 1.165) is 22.1 Å². The van der Waals surface area contributed by atoms with Gasteiger partial charge in [0.2, 0.25) is 0 Å². The first-order valence-corrected chi connectivity index (χ1v) is 9.42. The molecule has 28 heavy (non-hydrogen) atoms. The fourth-order valence-electron chi connectivity index (χ4n) is 2.85. The van der Waals surface area contributed by atoms with E-state index in [-0.39, 0.29) is 17.4 Å². The van der Waals surface area contributed by atoms with Crippen LogP contribution >= 0.6 is 11.9 Å². The van der Waals surface area contributed by atoms with Gasteiger partial charge in [0.15, 0.2) is 0 Å². The molecule has 8 heteroatoms. The van der Waals surface area contributed by atoms with E-state index in [9.17, 15) is 5.26 Å². The fourth-order valence-corrected chi connectivity index (χ4v) is 3.91. The molecule has 0 fully saturated rings. The predicted molar refractivity (Wildman–Crippen MR) is 113 cm³/mol. The van der Waals surface area contributed by atoms with Gasteiger partial charge in [-0.25, -0.2) is 15.0 Å². The van der Waals surface area contributed by atoms with Crippen LogP contribution < -0.4 is 15.4 Å². The lowest BCUT2D eigenvalue weighted by atomic mass is 10.2. The summed E-state index contributed by atoms with van der Waals surface area (Å²) in [7, 11) is 0. The number of anilines is 3. The number of benzene rings is 2. The van der Waals surface area contributed by atoms with Crippen LogP contribution in [0.2, 0.25) is 0 Å². The number of nitrogens with zero attached hydrogens (tertiary/aromatic N) is 5. The summed E-state index contributed by atoms with van der Waals surface area (Å²) < 4.78 is 2.08. The maximum atomic E-state index is 9.39. The molecule has 0 saturated heterocycles. The van der Waals surface area contributed by atoms with Gasteiger partial charge in [0.1, 0.15) is 35.4 Å². The molecule has 4 rings (SSSR count). The Morgan fingerprint density at radius 1 is 1.11 bits per heavy atom. The minimum Gasteiger partial charge on any atom is -0.382 e. The molecule has 7 nitrogen and oxygen atoms in total. The number of para-hydroxylation sites is 2. The fraction of sp³-hybridized carbons (Fsp3) is 0.100. The lowest BCUT2D eigenvalue weighted by Crippen LogP contribution is -2.39. The van der Waals surface area contributed by atoms with Crippen LogP contribution in [-0.4, -0.2) is 21.8 Å². The molecule has 0 amide bonds. The highest BCUT2D eigenvalue weighted by atomic mass is 32.2. The number of fused-ring (bicyclic) bond motifs is 1. The Morgan fingerprint density at radius 3 is 2.64 bits per heavy atom. The Balaban J connectivity index is 1.73. The van der Waals surface area contributed by atoms with Crippen molar-refractivity contribution in [3.63, 3.8) is 0 Å². The van der Waals surface area contributed by atoms with Crippen molar-refractivity contribution in [3.05, 3.63) is 66.5 Å².